The van der Waals surface area contributed by atoms with E-state index in [0.717, 1.165) is 28.7 Å². The molecule has 2 atom stereocenters. The summed E-state index contributed by atoms with van der Waals surface area (Å²) in [5.74, 6) is 0.485. The Morgan fingerprint density at radius 1 is 1.08 bits per heavy atom. The minimum atomic E-state index is -0.607. The Kier molecular flexibility index (Phi) is 10.2. The highest BCUT2D eigenvalue weighted by Gasteiger charge is 2.34. The van der Waals surface area contributed by atoms with E-state index in [9.17, 15) is 9.59 Å². The van der Waals surface area contributed by atoms with Crippen molar-refractivity contribution >= 4 is 12.0 Å². The first kappa shape index (κ1) is 29.5. The van der Waals surface area contributed by atoms with Crippen molar-refractivity contribution in [3.8, 4) is 5.75 Å². The Bertz CT molecular complexity index is 1100. The van der Waals surface area contributed by atoms with Gasteiger partial charge in [0.05, 0.1) is 18.8 Å². The van der Waals surface area contributed by atoms with Crippen LogP contribution < -0.4 is 10.1 Å². The van der Waals surface area contributed by atoms with Crippen LogP contribution in [0, 0.1) is 20.8 Å². The lowest BCUT2D eigenvalue weighted by atomic mass is 9.96. The normalized spacial score (nSPS) is 18.0. The number of nitrogens with zero attached hydrogens (tertiary/aromatic N) is 1. The molecule has 0 aliphatic carbocycles. The second kappa shape index (κ2) is 13.1. The number of ether oxygens (including phenoxy) is 4. The maximum atomic E-state index is 13.7. The van der Waals surface area contributed by atoms with Crippen LogP contribution in [-0.4, -0.2) is 61.6 Å². The van der Waals surface area contributed by atoms with Crippen LogP contribution in [0.15, 0.2) is 36.4 Å². The quantitative estimate of drug-likeness (QED) is 0.469. The molecule has 8 nitrogen and oxygen atoms in total. The molecule has 2 aromatic rings. The first-order valence-corrected chi connectivity index (χ1v) is 13.2. The Hall–Kier alpha value is -3.10. The van der Waals surface area contributed by atoms with Crippen molar-refractivity contribution in [2.45, 2.75) is 78.7 Å². The first-order valence-electron chi connectivity index (χ1n) is 13.2. The number of methoxy groups -OCH3 is 1. The van der Waals surface area contributed by atoms with Gasteiger partial charge in [-0.1, -0.05) is 30.3 Å². The Morgan fingerprint density at radius 3 is 2.45 bits per heavy atom. The third kappa shape index (κ3) is 7.95. The average Bonchev–Trinajstić information content (AvgIpc) is 3.06. The van der Waals surface area contributed by atoms with Crippen molar-refractivity contribution in [3.05, 3.63) is 64.2 Å². The van der Waals surface area contributed by atoms with E-state index in [1.165, 1.54) is 0 Å². The average molecular weight is 527 g/mol. The minimum absolute atomic E-state index is 0.133. The molecule has 1 aliphatic rings. The summed E-state index contributed by atoms with van der Waals surface area (Å²) in [5, 5.41) is 3.20. The van der Waals surface area contributed by atoms with Crippen molar-refractivity contribution in [1.29, 1.82) is 0 Å². The van der Waals surface area contributed by atoms with Crippen LogP contribution in [0.3, 0.4) is 0 Å². The second-order valence-electron chi connectivity index (χ2n) is 10.9. The molecule has 2 aromatic carbocycles. The molecule has 0 radical (unpaired) electrons. The fourth-order valence-corrected chi connectivity index (χ4v) is 4.65. The molecule has 0 aromatic heterocycles. The Morgan fingerprint density at radius 2 is 1.79 bits per heavy atom. The lowest BCUT2D eigenvalue weighted by molar-refractivity contribution is 0.00418. The summed E-state index contributed by atoms with van der Waals surface area (Å²) in [6.07, 6.45) is 0.798. The fraction of sp³-hybridized carbons (Fsp3) is 0.533. The van der Waals surface area contributed by atoms with Crippen molar-refractivity contribution in [2.75, 3.05) is 27.0 Å². The molecule has 1 N–H and O–H groups in total. The number of carbonyl (C=O) groups is 2. The number of hydrogen-bond acceptors (Lipinski definition) is 6. The number of benzene rings is 2. The third-order valence-corrected chi connectivity index (χ3v) is 6.67. The van der Waals surface area contributed by atoms with Crippen LogP contribution in [0.2, 0.25) is 0 Å². The zero-order valence-electron chi connectivity index (χ0n) is 23.8. The molecule has 0 bridgehead atoms. The van der Waals surface area contributed by atoms with Crippen LogP contribution >= 0.6 is 0 Å². The summed E-state index contributed by atoms with van der Waals surface area (Å²) >= 11 is 0. The number of nitrogens with one attached hydrogen (secondary N) is 1. The van der Waals surface area contributed by atoms with E-state index < -0.39 is 11.6 Å². The molecule has 0 spiro atoms. The third-order valence-electron chi connectivity index (χ3n) is 6.67. The molecular formula is C30H42N2O6. The molecule has 1 fully saturated rings. The van der Waals surface area contributed by atoms with E-state index in [2.05, 4.69) is 5.32 Å². The van der Waals surface area contributed by atoms with Gasteiger partial charge in [0.1, 0.15) is 11.4 Å². The molecule has 1 heterocycles. The molecule has 8 heteroatoms. The van der Waals surface area contributed by atoms with Gasteiger partial charge >= 0.3 is 6.09 Å². The van der Waals surface area contributed by atoms with Gasteiger partial charge in [-0.25, -0.2) is 4.79 Å². The van der Waals surface area contributed by atoms with Gasteiger partial charge in [-0.15, -0.1) is 0 Å². The van der Waals surface area contributed by atoms with E-state index in [1.807, 2.05) is 77.9 Å². The predicted molar refractivity (Wildman–Crippen MR) is 146 cm³/mol. The molecule has 38 heavy (non-hydrogen) atoms. The summed E-state index contributed by atoms with van der Waals surface area (Å²) in [6, 6.07) is 11.4. The van der Waals surface area contributed by atoms with Gasteiger partial charge in [0.2, 0.25) is 0 Å². The van der Waals surface area contributed by atoms with E-state index in [1.54, 1.807) is 12.0 Å². The molecule has 3 rings (SSSR count). The Labute approximate surface area is 226 Å². The molecule has 1 saturated heterocycles. The predicted octanol–water partition coefficient (Wildman–Crippen LogP) is 5.31. The zero-order valence-corrected chi connectivity index (χ0v) is 23.8. The molecule has 0 saturated carbocycles. The minimum Gasteiger partial charge on any atom is -0.467 e. The maximum Gasteiger partial charge on any atom is 0.410 e. The van der Waals surface area contributed by atoms with Crippen LogP contribution in [0.1, 0.15) is 66.2 Å². The van der Waals surface area contributed by atoms with Gasteiger partial charge < -0.3 is 29.2 Å². The van der Waals surface area contributed by atoms with Crippen molar-refractivity contribution in [1.82, 2.24) is 10.2 Å². The number of amides is 2. The Balaban J connectivity index is 1.85. The van der Waals surface area contributed by atoms with Crippen LogP contribution in [0.4, 0.5) is 4.79 Å². The van der Waals surface area contributed by atoms with E-state index in [4.69, 9.17) is 18.9 Å². The highest BCUT2D eigenvalue weighted by atomic mass is 16.7. The van der Waals surface area contributed by atoms with E-state index >= 15 is 0 Å². The van der Waals surface area contributed by atoms with Gasteiger partial charge in [0.15, 0.2) is 6.79 Å². The van der Waals surface area contributed by atoms with E-state index in [-0.39, 0.29) is 24.9 Å². The lowest BCUT2D eigenvalue weighted by Gasteiger charge is -2.31. The summed E-state index contributed by atoms with van der Waals surface area (Å²) < 4.78 is 22.7. The standard InChI is InChI=1S/C30H42N2O6/c1-20-16-26(37-19-35-7)21(2)22(3)27(20)28(33)31-24-17-32(29(34)38-30(4,5)6)15-11-14-25(24)36-18-23-12-9-8-10-13-23/h8-10,12-13,16,24-25H,11,14-15,17-19H2,1-7H3,(H,31,33)/t24-,25-/m1/s1. The first-order chi connectivity index (χ1) is 18.0. The van der Waals surface area contributed by atoms with Crippen molar-refractivity contribution < 1.29 is 28.5 Å². The largest absolute Gasteiger partial charge is 0.467 e. The smallest absolute Gasteiger partial charge is 0.410 e. The van der Waals surface area contributed by atoms with Crippen molar-refractivity contribution in [3.63, 3.8) is 0 Å². The summed E-state index contributed by atoms with van der Waals surface area (Å²) in [6.45, 7) is 12.7. The summed E-state index contributed by atoms with van der Waals surface area (Å²) in [4.78, 5) is 28.3. The number of carbonyl (C=O) groups excluding carboxylic acids is 2. The monoisotopic (exact) mass is 526 g/mol. The van der Waals surface area contributed by atoms with Gasteiger partial charge in [-0.05, 0) is 82.7 Å². The van der Waals surface area contributed by atoms with Gasteiger partial charge in [-0.3, -0.25) is 4.79 Å². The SMILES string of the molecule is COCOc1cc(C)c(C(=O)N[C@@H]2CN(C(=O)OC(C)(C)C)CCC[C@H]2OCc2ccccc2)c(C)c1C. The molecule has 0 unspecified atom stereocenters. The van der Waals surface area contributed by atoms with Gasteiger partial charge in [-0.2, -0.15) is 0 Å². The highest BCUT2D eigenvalue weighted by molar-refractivity contribution is 5.98. The van der Waals surface area contributed by atoms with Crippen molar-refractivity contribution in [2.24, 2.45) is 0 Å². The highest BCUT2D eigenvalue weighted by Crippen LogP contribution is 2.28. The topological polar surface area (TPSA) is 86.3 Å². The summed E-state index contributed by atoms with van der Waals surface area (Å²) in [7, 11) is 1.57. The van der Waals surface area contributed by atoms with E-state index in [0.29, 0.717) is 37.4 Å². The van der Waals surface area contributed by atoms with Crippen LogP contribution in [-0.2, 0) is 20.8 Å². The molecule has 2 amide bonds. The van der Waals surface area contributed by atoms with Crippen LogP contribution in [0.5, 0.6) is 5.75 Å². The van der Waals surface area contributed by atoms with Gasteiger partial charge in [0.25, 0.3) is 5.91 Å². The number of hydrogen-bond donors (Lipinski definition) is 1. The molecule has 1 aliphatic heterocycles. The maximum absolute atomic E-state index is 13.7. The molecule has 208 valence electrons. The second-order valence-corrected chi connectivity index (χ2v) is 10.9. The lowest BCUT2D eigenvalue weighted by Crippen LogP contribution is -2.51. The molecular weight excluding hydrogens is 484 g/mol. The summed E-state index contributed by atoms with van der Waals surface area (Å²) in [5.41, 5.74) is 3.57. The number of rotatable bonds is 8. The van der Waals surface area contributed by atoms with Gasteiger partial charge in [0, 0.05) is 25.8 Å². The van der Waals surface area contributed by atoms with Crippen LogP contribution in [0.25, 0.3) is 0 Å². The number of aryl methyl sites for hydroxylation is 1. The number of likely N-dealkylation sites (tertiary alicyclic amines) is 1. The fourth-order valence-electron chi connectivity index (χ4n) is 4.65. The zero-order chi connectivity index (χ0) is 27.9.